The minimum Gasteiger partial charge on any atom is -0.370 e. The van der Waals surface area contributed by atoms with Crippen molar-refractivity contribution in [2.75, 3.05) is 37.0 Å². The van der Waals surface area contributed by atoms with Crippen LogP contribution in [0.5, 0.6) is 0 Å². The van der Waals surface area contributed by atoms with E-state index in [1.54, 1.807) is 11.3 Å². The molecule has 1 fully saturated rings. The van der Waals surface area contributed by atoms with Crippen molar-refractivity contribution >= 4 is 39.1 Å². The molecular formula is C14H20N4S2. The van der Waals surface area contributed by atoms with Crippen LogP contribution in [-0.4, -0.2) is 46.5 Å². The second-order valence-corrected chi connectivity index (χ2v) is 7.49. The summed E-state index contributed by atoms with van der Waals surface area (Å²) in [6.07, 6.45) is 0. The number of rotatable bonds is 3. The number of anilines is 1. The van der Waals surface area contributed by atoms with Crippen LogP contribution in [-0.2, 0) is 0 Å². The third-order valence-electron chi connectivity index (χ3n) is 3.57. The molecule has 6 heteroatoms. The summed E-state index contributed by atoms with van der Waals surface area (Å²) >= 11 is 3.75. The Labute approximate surface area is 128 Å². The molecule has 2 aromatic heterocycles. The predicted molar refractivity (Wildman–Crippen MR) is 89.0 cm³/mol. The molecule has 1 aliphatic rings. The van der Waals surface area contributed by atoms with E-state index in [9.17, 15) is 0 Å². The Morgan fingerprint density at radius 3 is 3.05 bits per heavy atom. The average Bonchev–Trinajstić information content (AvgIpc) is 2.80. The van der Waals surface area contributed by atoms with Gasteiger partial charge in [-0.25, -0.2) is 9.97 Å². The van der Waals surface area contributed by atoms with Crippen LogP contribution in [0.25, 0.3) is 10.2 Å². The highest BCUT2D eigenvalue weighted by Gasteiger charge is 2.25. The molecule has 1 saturated heterocycles. The number of thioether (sulfide) groups is 1. The van der Waals surface area contributed by atoms with Gasteiger partial charge in [0.15, 0.2) is 0 Å². The van der Waals surface area contributed by atoms with Gasteiger partial charge in [-0.1, -0.05) is 0 Å². The summed E-state index contributed by atoms with van der Waals surface area (Å²) in [7, 11) is 2.17. The summed E-state index contributed by atoms with van der Waals surface area (Å²) in [6.45, 7) is 6.23. The molecule has 0 saturated carbocycles. The summed E-state index contributed by atoms with van der Waals surface area (Å²) < 4.78 is 0. The van der Waals surface area contributed by atoms with Gasteiger partial charge in [-0.3, -0.25) is 4.90 Å². The zero-order valence-electron chi connectivity index (χ0n) is 12.1. The van der Waals surface area contributed by atoms with E-state index in [0.717, 1.165) is 40.7 Å². The van der Waals surface area contributed by atoms with E-state index in [1.807, 2.05) is 11.8 Å². The van der Waals surface area contributed by atoms with Gasteiger partial charge in [0.25, 0.3) is 0 Å². The van der Waals surface area contributed by atoms with Gasteiger partial charge in [-0.05, 0) is 27.0 Å². The van der Waals surface area contributed by atoms with Crippen molar-refractivity contribution < 1.29 is 0 Å². The van der Waals surface area contributed by atoms with E-state index in [1.165, 1.54) is 10.6 Å². The van der Waals surface area contributed by atoms with Crippen molar-refractivity contribution in [3.8, 4) is 0 Å². The lowest BCUT2D eigenvalue weighted by Crippen LogP contribution is -2.33. The number of fused-ring (bicyclic) bond motifs is 1. The Bertz CT molecular complexity index is 610. The predicted octanol–water partition coefficient (Wildman–Crippen LogP) is 3.15. The highest BCUT2D eigenvalue weighted by molar-refractivity contribution is 7.99. The van der Waals surface area contributed by atoms with Gasteiger partial charge in [-0.15, -0.1) is 11.3 Å². The molecule has 1 aliphatic heterocycles. The maximum absolute atomic E-state index is 4.83. The first-order chi connectivity index (χ1) is 9.69. The Balaban J connectivity index is 2.06. The lowest BCUT2D eigenvalue weighted by molar-refractivity contribution is 0.265. The fourth-order valence-electron chi connectivity index (χ4n) is 2.47. The molecule has 0 bridgehead atoms. The first-order valence-corrected chi connectivity index (χ1v) is 8.96. The maximum atomic E-state index is 4.83. The van der Waals surface area contributed by atoms with Crippen LogP contribution in [0.15, 0.2) is 6.07 Å². The van der Waals surface area contributed by atoms with Gasteiger partial charge in [0, 0.05) is 29.5 Å². The van der Waals surface area contributed by atoms with Crippen molar-refractivity contribution in [2.45, 2.75) is 19.9 Å². The van der Waals surface area contributed by atoms with Crippen LogP contribution in [0.2, 0.25) is 0 Å². The second-order valence-electron chi connectivity index (χ2n) is 5.11. The topological polar surface area (TPSA) is 41.1 Å². The van der Waals surface area contributed by atoms with Gasteiger partial charge in [0.1, 0.15) is 16.5 Å². The Kier molecular flexibility index (Phi) is 4.14. The third kappa shape index (κ3) is 2.64. The molecule has 3 heterocycles. The third-order valence-corrected chi connectivity index (χ3v) is 5.54. The fourth-order valence-corrected chi connectivity index (χ4v) is 4.56. The average molecular weight is 308 g/mol. The SMILES string of the molecule is CCNc1nc(C2CSCCN2C)nc2sc(C)cc12. The molecule has 0 aromatic carbocycles. The summed E-state index contributed by atoms with van der Waals surface area (Å²) in [4.78, 5) is 14.4. The van der Waals surface area contributed by atoms with Crippen LogP contribution in [0.3, 0.4) is 0 Å². The summed E-state index contributed by atoms with van der Waals surface area (Å²) in [6, 6.07) is 2.51. The van der Waals surface area contributed by atoms with Crippen molar-refractivity contribution in [2.24, 2.45) is 0 Å². The summed E-state index contributed by atoms with van der Waals surface area (Å²) in [5.41, 5.74) is 0. The summed E-state index contributed by atoms with van der Waals surface area (Å²) in [5.74, 6) is 4.23. The van der Waals surface area contributed by atoms with E-state index in [4.69, 9.17) is 9.97 Å². The molecule has 0 amide bonds. The van der Waals surface area contributed by atoms with Gasteiger partial charge in [0.05, 0.1) is 11.4 Å². The monoisotopic (exact) mass is 308 g/mol. The minimum atomic E-state index is 0.331. The molecule has 3 rings (SSSR count). The van der Waals surface area contributed by atoms with Crippen LogP contribution < -0.4 is 5.32 Å². The van der Waals surface area contributed by atoms with E-state index in [0.29, 0.717) is 6.04 Å². The maximum Gasteiger partial charge on any atom is 0.150 e. The lowest BCUT2D eigenvalue weighted by Gasteiger charge is -2.31. The van der Waals surface area contributed by atoms with Crippen LogP contribution in [0, 0.1) is 6.92 Å². The molecule has 1 atom stereocenters. The molecule has 1 N–H and O–H groups in total. The highest BCUT2D eigenvalue weighted by Crippen LogP contribution is 2.32. The first kappa shape index (κ1) is 14.1. The van der Waals surface area contributed by atoms with Gasteiger partial charge >= 0.3 is 0 Å². The number of nitrogens with one attached hydrogen (secondary N) is 1. The van der Waals surface area contributed by atoms with Crippen molar-refractivity contribution in [1.29, 1.82) is 0 Å². The van der Waals surface area contributed by atoms with Crippen LogP contribution in [0.1, 0.15) is 23.7 Å². The molecular weight excluding hydrogens is 288 g/mol. The second kappa shape index (κ2) is 5.87. The Hall–Kier alpha value is -0.850. The first-order valence-electron chi connectivity index (χ1n) is 6.99. The largest absolute Gasteiger partial charge is 0.370 e. The van der Waals surface area contributed by atoms with Crippen LogP contribution >= 0.6 is 23.1 Å². The number of hydrogen-bond acceptors (Lipinski definition) is 6. The smallest absolute Gasteiger partial charge is 0.150 e. The molecule has 4 nitrogen and oxygen atoms in total. The van der Waals surface area contributed by atoms with Crippen molar-refractivity contribution in [1.82, 2.24) is 14.9 Å². The molecule has 0 radical (unpaired) electrons. The minimum absolute atomic E-state index is 0.331. The normalized spacial score (nSPS) is 20.4. The molecule has 1 unspecified atom stereocenters. The van der Waals surface area contributed by atoms with E-state index in [-0.39, 0.29) is 0 Å². The van der Waals surface area contributed by atoms with Gasteiger partial charge in [-0.2, -0.15) is 11.8 Å². The van der Waals surface area contributed by atoms with Crippen molar-refractivity contribution in [3.63, 3.8) is 0 Å². The molecule has 0 spiro atoms. The Morgan fingerprint density at radius 1 is 1.45 bits per heavy atom. The number of thiophene rings is 1. The summed E-state index contributed by atoms with van der Waals surface area (Å²) in [5, 5.41) is 4.55. The van der Waals surface area contributed by atoms with Gasteiger partial charge in [0.2, 0.25) is 0 Å². The van der Waals surface area contributed by atoms with E-state index >= 15 is 0 Å². The van der Waals surface area contributed by atoms with Crippen molar-refractivity contribution in [3.05, 3.63) is 16.8 Å². The Morgan fingerprint density at radius 2 is 2.30 bits per heavy atom. The molecule has 2 aromatic rings. The van der Waals surface area contributed by atoms with E-state index < -0.39 is 0 Å². The number of nitrogens with zero attached hydrogens (tertiary/aromatic N) is 3. The molecule has 20 heavy (non-hydrogen) atoms. The van der Waals surface area contributed by atoms with Gasteiger partial charge < -0.3 is 5.32 Å². The number of aromatic nitrogens is 2. The van der Waals surface area contributed by atoms with E-state index in [2.05, 4.69) is 37.2 Å². The highest BCUT2D eigenvalue weighted by atomic mass is 32.2. The quantitative estimate of drug-likeness (QED) is 0.943. The molecule has 0 aliphatic carbocycles. The number of aryl methyl sites for hydroxylation is 1. The fraction of sp³-hybridized carbons (Fsp3) is 0.571. The number of hydrogen-bond donors (Lipinski definition) is 1. The van der Waals surface area contributed by atoms with Crippen LogP contribution in [0.4, 0.5) is 5.82 Å². The zero-order valence-corrected chi connectivity index (χ0v) is 13.8. The molecule has 108 valence electrons. The zero-order chi connectivity index (χ0) is 14.1. The lowest BCUT2D eigenvalue weighted by atomic mass is 10.2. The standard InChI is InChI=1S/C14H20N4S2/c1-4-15-12-10-7-9(2)20-14(10)17-13(16-12)11-8-19-6-5-18(11)3/h7,11H,4-6,8H2,1-3H3,(H,15,16,17).